The zero-order valence-corrected chi connectivity index (χ0v) is 7.70. The molecule has 0 unspecified atom stereocenters. The summed E-state index contributed by atoms with van der Waals surface area (Å²) in [4.78, 5) is 0. The number of rotatable bonds is 0. The van der Waals surface area contributed by atoms with Crippen LogP contribution in [0.15, 0.2) is 0 Å². The van der Waals surface area contributed by atoms with Gasteiger partial charge in [-0.05, 0) is 0 Å². The summed E-state index contributed by atoms with van der Waals surface area (Å²) in [7, 11) is -6.61. The van der Waals surface area contributed by atoms with Gasteiger partial charge in [0.05, 0.1) is 0 Å². The van der Waals surface area contributed by atoms with E-state index >= 15 is 0 Å². The first-order chi connectivity index (χ1) is 2.00. The average molecular weight is 206 g/mol. The van der Waals surface area contributed by atoms with Crippen LogP contribution in [0, 0.1) is 0 Å². The molecule has 3 nitrogen and oxygen atoms in total. The first-order valence-electron chi connectivity index (χ1n) is 0.756. The van der Waals surface area contributed by atoms with Crippen molar-refractivity contribution >= 4 is 44.1 Å². The maximum atomic E-state index is 9.83. The molecule has 0 aromatic heterocycles. The Hall–Kier alpha value is 0.882. The Balaban J connectivity index is -0.00000000800. The molecule has 10 heavy (non-hydrogen) atoms. The summed E-state index contributed by atoms with van der Waals surface area (Å²) in [5.41, 5.74) is 0. The van der Waals surface area contributed by atoms with Gasteiger partial charge in [0.25, 0.3) is 0 Å². The van der Waals surface area contributed by atoms with Crippen LogP contribution in [-0.2, 0) is 16.4 Å². The van der Waals surface area contributed by atoms with Gasteiger partial charge in [-0.15, -0.1) is 0 Å². The first-order valence-corrected chi connectivity index (χ1v) is 2.27. The largest absolute Gasteiger partial charge is 3.00 e. The van der Waals surface area contributed by atoms with E-state index in [9.17, 15) is 16.4 Å². The smallest absolute Gasteiger partial charge is 2.00 e. The van der Waals surface area contributed by atoms with E-state index in [-0.39, 0.29) is 51.2 Å². The van der Waals surface area contributed by atoms with Crippen LogP contribution in [0.1, 0.15) is 0 Å². The van der Waals surface area contributed by atoms with Crippen molar-refractivity contribution in [2.75, 3.05) is 0 Å². The second-order valence-electron chi connectivity index (χ2n) is 0.429. The topological polar surface area (TPSA) is 85.5 Å². The van der Waals surface area contributed by atoms with Gasteiger partial charge < -0.3 is 16.4 Å². The van der Waals surface area contributed by atoms with Gasteiger partial charge in [-0.2, -0.15) is 0 Å². The van der Waals surface area contributed by atoms with E-state index in [2.05, 4.69) is 0 Å². The van der Waals surface area contributed by atoms with Crippen molar-refractivity contribution in [3.05, 3.63) is 0 Å². The van der Waals surface area contributed by atoms with Crippen LogP contribution in [0.2, 0.25) is 0 Å². The van der Waals surface area contributed by atoms with Gasteiger partial charge >= 0.3 is 44.1 Å². The van der Waals surface area contributed by atoms with Crippen molar-refractivity contribution in [1.29, 1.82) is 0 Å². The summed E-state index contributed by atoms with van der Waals surface area (Å²) in [6, 6.07) is 0. The Morgan fingerprint density at radius 1 is 0.600 bits per heavy atom. The van der Waals surface area contributed by atoms with Crippen LogP contribution in [0.3, 0.4) is 0 Å². The molecule has 56 valence electrons. The van der Waals surface area contributed by atoms with Gasteiger partial charge in [-0.1, -0.05) is 0 Å². The first kappa shape index (κ1) is 44.6. The van der Waals surface area contributed by atoms with Gasteiger partial charge in [0.1, 0.15) is 0 Å². The minimum atomic E-state index is -6.61. The predicted octanol–water partition coefficient (Wildman–Crippen LogP) is 0.182. The molecule has 0 fully saturated rings. The molecule has 0 spiro atoms. The van der Waals surface area contributed by atoms with Crippen molar-refractivity contribution < 1.29 is 32.9 Å². The van der Waals surface area contributed by atoms with Gasteiger partial charge in [0.15, 0.2) is 0 Å². The SMILES string of the molecule is F[Si](F)(F)F.[Al+3].[Al+3].[O-2].[O-2].[O-2]. The summed E-state index contributed by atoms with van der Waals surface area (Å²) < 4.78 is 39.3. The minimum absolute atomic E-state index is 0. The monoisotopic (exact) mass is 206 g/mol. The molecule has 0 aliphatic rings. The van der Waals surface area contributed by atoms with E-state index in [1.54, 1.807) is 0 Å². The van der Waals surface area contributed by atoms with Crippen molar-refractivity contribution in [2.24, 2.45) is 0 Å². The maximum Gasteiger partial charge on any atom is 3.00 e. The third-order valence-corrected chi connectivity index (χ3v) is 0. The van der Waals surface area contributed by atoms with Crippen LogP contribution in [0.25, 0.3) is 0 Å². The van der Waals surface area contributed by atoms with E-state index in [1.807, 2.05) is 0 Å². The Morgan fingerprint density at radius 2 is 0.600 bits per heavy atom. The molecule has 10 heteroatoms. The molecule has 0 saturated heterocycles. The molecule has 0 aliphatic heterocycles. The predicted molar refractivity (Wildman–Crippen MR) is 23.8 cm³/mol. The van der Waals surface area contributed by atoms with E-state index in [1.165, 1.54) is 0 Å². The summed E-state index contributed by atoms with van der Waals surface area (Å²) in [5, 5.41) is 0. The van der Waals surface area contributed by atoms with E-state index in [4.69, 9.17) is 0 Å². The van der Waals surface area contributed by atoms with E-state index in [0.717, 1.165) is 0 Å². The number of hydrogen-bond donors (Lipinski definition) is 0. The molecular formula is Al2F4O3Si. The second-order valence-corrected chi connectivity index (χ2v) is 1.29. The normalized spacial score (nSPS) is 6.00. The molecule has 0 aromatic carbocycles. The third kappa shape index (κ3) is 710. The number of hydrogen-bond acceptors (Lipinski definition) is 0. The zero-order valence-electron chi connectivity index (χ0n) is 4.39. The van der Waals surface area contributed by atoms with Crippen molar-refractivity contribution in [2.45, 2.75) is 0 Å². The summed E-state index contributed by atoms with van der Waals surface area (Å²) in [5.74, 6) is 0. The molecule has 0 N–H and O–H groups in total. The molecular weight excluding hydrogens is 206 g/mol. The van der Waals surface area contributed by atoms with Gasteiger partial charge in [-0.3, -0.25) is 0 Å². The van der Waals surface area contributed by atoms with Gasteiger partial charge in [-0.25, -0.2) is 16.4 Å². The molecule has 0 heterocycles. The molecule has 0 aliphatic carbocycles. The molecule has 0 radical (unpaired) electrons. The summed E-state index contributed by atoms with van der Waals surface area (Å²) >= 11 is 0. The quantitative estimate of drug-likeness (QED) is 0.307. The van der Waals surface area contributed by atoms with Crippen LogP contribution < -0.4 is 0 Å². The Bertz CT molecular complexity index is 34.0. The van der Waals surface area contributed by atoms with Crippen LogP contribution >= 0.6 is 0 Å². The molecule has 0 saturated carbocycles. The van der Waals surface area contributed by atoms with Crippen molar-refractivity contribution in [3.8, 4) is 0 Å². The second kappa shape index (κ2) is 16.5. The van der Waals surface area contributed by atoms with Crippen LogP contribution in [0.4, 0.5) is 16.4 Å². The third-order valence-electron chi connectivity index (χ3n) is 0. The van der Waals surface area contributed by atoms with Crippen molar-refractivity contribution in [1.82, 2.24) is 0 Å². The standard InChI is InChI=1S/2Al.F4Si.3O/c;;1-5(2,3)4;;;/q2*+3;;3*-2. The van der Waals surface area contributed by atoms with Gasteiger partial charge in [0.2, 0.25) is 0 Å². The van der Waals surface area contributed by atoms with Crippen LogP contribution in [-0.4, -0.2) is 44.1 Å². The summed E-state index contributed by atoms with van der Waals surface area (Å²) in [6.07, 6.45) is 0. The molecule has 0 amide bonds. The Kier molecular flexibility index (Phi) is 73.4. The molecule has 0 rings (SSSR count). The number of halogens is 4. The molecule has 0 atom stereocenters. The minimum Gasteiger partial charge on any atom is -2.00 e. The fourth-order valence-corrected chi connectivity index (χ4v) is 0. The van der Waals surface area contributed by atoms with Crippen molar-refractivity contribution in [3.63, 3.8) is 0 Å². The van der Waals surface area contributed by atoms with Crippen LogP contribution in [0.5, 0.6) is 0 Å². The average Bonchev–Trinajstić information content (AvgIpc) is 0.722. The summed E-state index contributed by atoms with van der Waals surface area (Å²) in [6.45, 7) is 0. The Labute approximate surface area is 77.3 Å². The maximum absolute atomic E-state index is 9.83. The molecule has 0 aromatic rings. The van der Waals surface area contributed by atoms with E-state index in [0.29, 0.717) is 0 Å². The fraction of sp³-hybridized carbons (Fsp3) is 0. The Morgan fingerprint density at radius 3 is 0.600 bits per heavy atom. The van der Waals surface area contributed by atoms with Gasteiger partial charge in [0, 0.05) is 0 Å². The van der Waals surface area contributed by atoms with E-state index < -0.39 is 9.41 Å². The molecule has 0 bridgehead atoms. The zero-order chi connectivity index (χ0) is 4.50. The fourth-order valence-electron chi connectivity index (χ4n) is 0.